The lowest BCUT2D eigenvalue weighted by Gasteiger charge is -2.25. The second-order valence-electron chi connectivity index (χ2n) is 9.71. The summed E-state index contributed by atoms with van der Waals surface area (Å²) in [6.45, 7) is 12.2. The fourth-order valence-corrected chi connectivity index (χ4v) is 4.02. The molecule has 4 aromatic rings. The Balaban J connectivity index is 1.68. The monoisotopic (exact) mass is 444 g/mol. The second kappa shape index (κ2) is 9.27. The Hall–Kier alpha value is -3.32. The smallest absolute Gasteiger partial charge is 0.252 e. The van der Waals surface area contributed by atoms with E-state index in [9.17, 15) is 4.79 Å². The minimum absolute atomic E-state index is 0.0592. The number of benzene rings is 2. The molecule has 0 amide bonds. The van der Waals surface area contributed by atoms with Crippen LogP contribution in [0.15, 0.2) is 53.3 Å². The number of pyridine rings is 1. The molecule has 0 aliphatic rings. The molecule has 1 N–H and O–H groups in total. The molecule has 2 aromatic heterocycles. The predicted octanol–water partition coefficient (Wildman–Crippen LogP) is 4.34. The quantitative estimate of drug-likeness (QED) is 0.459. The van der Waals surface area contributed by atoms with Gasteiger partial charge in [-0.3, -0.25) is 9.69 Å². The van der Waals surface area contributed by atoms with E-state index in [-0.39, 0.29) is 11.1 Å². The van der Waals surface area contributed by atoms with E-state index in [1.54, 1.807) is 0 Å². The Morgan fingerprint density at radius 1 is 0.970 bits per heavy atom. The van der Waals surface area contributed by atoms with Gasteiger partial charge in [0.2, 0.25) is 0 Å². The molecule has 33 heavy (non-hydrogen) atoms. The van der Waals surface area contributed by atoms with Gasteiger partial charge >= 0.3 is 0 Å². The van der Waals surface area contributed by atoms with E-state index in [1.165, 1.54) is 16.7 Å². The van der Waals surface area contributed by atoms with Crippen molar-refractivity contribution in [2.75, 3.05) is 0 Å². The van der Waals surface area contributed by atoms with Gasteiger partial charge in [0.05, 0.1) is 12.1 Å². The maximum Gasteiger partial charge on any atom is 0.252 e. The number of nitrogens with one attached hydrogen (secondary N) is 1. The summed E-state index contributed by atoms with van der Waals surface area (Å²) in [5, 5.41) is 13.5. The van der Waals surface area contributed by atoms with E-state index >= 15 is 0 Å². The van der Waals surface area contributed by atoms with Crippen molar-refractivity contribution >= 4 is 10.9 Å². The van der Waals surface area contributed by atoms with Crippen molar-refractivity contribution in [3.8, 4) is 0 Å². The minimum atomic E-state index is -0.231. The number of hydrogen-bond donors (Lipinski definition) is 1. The van der Waals surface area contributed by atoms with Gasteiger partial charge in [-0.2, -0.15) is 0 Å². The van der Waals surface area contributed by atoms with E-state index < -0.39 is 0 Å². The Labute approximate surface area is 194 Å². The van der Waals surface area contributed by atoms with Crippen LogP contribution in [0.5, 0.6) is 0 Å². The summed E-state index contributed by atoms with van der Waals surface area (Å²) < 4.78 is 1.85. The van der Waals surface area contributed by atoms with E-state index in [4.69, 9.17) is 0 Å². The predicted molar refractivity (Wildman–Crippen MR) is 131 cm³/mol. The molecule has 0 fully saturated rings. The summed E-state index contributed by atoms with van der Waals surface area (Å²) >= 11 is 0. The summed E-state index contributed by atoms with van der Waals surface area (Å²) in [7, 11) is 0. The topological polar surface area (TPSA) is 79.7 Å². The minimum Gasteiger partial charge on any atom is -0.322 e. The molecule has 2 heterocycles. The average molecular weight is 445 g/mol. The lowest BCUT2D eigenvalue weighted by molar-refractivity contribution is 0.223. The number of rotatable bonds is 7. The van der Waals surface area contributed by atoms with Gasteiger partial charge < -0.3 is 4.98 Å². The molecule has 172 valence electrons. The maximum atomic E-state index is 12.9. The zero-order valence-corrected chi connectivity index (χ0v) is 20.1. The zero-order valence-electron chi connectivity index (χ0n) is 20.1. The second-order valence-corrected chi connectivity index (χ2v) is 9.71. The molecule has 0 aliphatic heterocycles. The van der Waals surface area contributed by atoms with Crippen LogP contribution in [0.4, 0.5) is 0 Å². The first kappa shape index (κ1) is 22.9. The molecule has 0 spiro atoms. The molecule has 7 heteroatoms. The van der Waals surface area contributed by atoms with Gasteiger partial charge in [-0.1, -0.05) is 42.8 Å². The summed E-state index contributed by atoms with van der Waals surface area (Å²) in [4.78, 5) is 18.2. The van der Waals surface area contributed by atoms with Gasteiger partial charge in [0.15, 0.2) is 5.82 Å². The van der Waals surface area contributed by atoms with Crippen molar-refractivity contribution in [2.45, 2.75) is 66.2 Å². The molecule has 0 bridgehead atoms. The number of H-pyrrole nitrogens is 1. The van der Waals surface area contributed by atoms with Crippen molar-refractivity contribution in [2.24, 2.45) is 0 Å². The third-order valence-electron chi connectivity index (χ3n) is 5.85. The molecule has 7 nitrogen and oxygen atoms in total. The number of aromatic nitrogens is 5. The highest BCUT2D eigenvalue weighted by Crippen LogP contribution is 2.19. The van der Waals surface area contributed by atoms with Crippen molar-refractivity contribution in [1.82, 2.24) is 30.1 Å². The van der Waals surface area contributed by atoms with Gasteiger partial charge in [0.25, 0.3) is 5.56 Å². The van der Waals surface area contributed by atoms with E-state index in [2.05, 4.69) is 96.4 Å². The molecular weight excluding hydrogens is 412 g/mol. The fourth-order valence-electron chi connectivity index (χ4n) is 4.02. The number of nitrogens with zero attached hydrogens (tertiary/aromatic N) is 5. The van der Waals surface area contributed by atoms with Crippen molar-refractivity contribution in [3.63, 3.8) is 0 Å². The van der Waals surface area contributed by atoms with Crippen LogP contribution in [-0.2, 0) is 31.6 Å². The van der Waals surface area contributed by atoms with Crippen molar-refractivity contribution < 1.29 is 0 Å². The average Bonchev–Trinajstić information content (AvgIpc) is 3.24. The van der Waals surface area contributed by atoms with E-state index in [0.717, 1.165) is 28.7 Å². The number of aromatic amines is 1. The SMILES string of the molecule is CCc1ccc2[nH]c(=O)c(CN(Cc3ccc(C)cc3)Cc3nnnn3C(C)(C)C)cc2c1. The standard InChI is InChI=1S/C26H32N6O/c1-6-19-11-12-23-21(13-19)14-22(25(33)27-23)16-31(15-20-9-7-18(2)8-10-20)17-24-28-29-30-32(24)26(3,4)5/h7-14H,6,15-17H2,1-5H3,(H,27,33). The summed E-state index contributed by atoms with van der Waals surface area (Å²) in [5.41, 5.74) is 4.96. The number of fused-ring (bicyclic) bond motifs is 1. The van der Waals surface area contributed by atoms with Gasteiger partial charge in [-0.25, -0.2) is 4.68 Å². The first-order valence-corrected chi connectivity index (χ1v) is 11.4. The molecule has 2 aromatic carbocycles. The molecule has 0 unspecified atom stereocenters. The Kier molecular flexibility index (Phi) is 6.42. The molecule has 0 saturated carbocycles. The summed E-state index contributed by atoms with van der Waals surface area (Å²) in [6.07, 6.45) is 0.958. The van der Waals surface area contributed by atoms with Crippen LogP contribution in [0.25, 0.3) is 10.9 Å². The van der Waals surface area contributed by atoms with Crippen LogP contribution in [0.1, 0.15) is 55.8 Å². The Morgan fingerprint density at radius 3 is 2.39 bits per heavy atom. The lowest BCUT2D eigenvalue weighted by Crippen LogP contribution is -2.31. The van der Waals surface area contributed by atoms with Crippen LogP contribution in [0.3, 0.4) is 0 Å². The molecule has 0 radical (unpaired) electrons. The third kappa shape index (κ3) is 5.37. The first-order valence-electron chi connectivity index (χ1n) is 11.4. The first-order chi connectivity index (χ1) is 15.7. The molecule has 0 atom stereocenters. The van der Waals surface area contributed by atoms with Crippen molar-refractivity contribution in [3.05, 3.63) is 87.0 Å². The number of hydrogen-bond acceptors (Lipinski definition) is 5. The highest BCUT2D eigenvalue weighted by molar-refractivity contribution is 5.79. The lowest BCUT2D eigenvalue weighted by atomic mass is 10.1. The Bertz CT molecular complexity index is 1300. The number of aryl methyl sites for hydroxylation is 2. The van der Waals surface area contributed by atoms with Gasteiger partial charge in [0.1, 0.15) is 0 Å². The molecular formula is C26H32N6O. The fraction of sp³-hybridized carbons (Fsp3) is 0.385. The largest absolute Gasteiger partial charge is 0.322 e. The zero-order chi connectivity index (χ0) is 23.6. The van der Waals surface area contributed by atoms with Gasteiger partial charge in [-0.05, 0) is 79.3 Å². The highest BCUT2D eigenvalue weighted by atomic mass is 16.1. The summed E-state index contributed by atoms with van der Waals surface area (Å²) in [6, 6.07) is 16.7. The van der Waals surface area contributed by atoms with Crippen molar-refractivity contribution in [1.29, 1.82) is 0 Å². The van der Waals surface area contributed by atoms with E-state index in [1.807, 2.05) is 16.8 Å². The van der Waals surface area contributed by atoms with Crippen LogP contribution in [-0.4, -0.2) is 30.1 Å². The van der Waals surface area contributed by atoms with Crippen LogP contribution < -0.4 is 5.56 Å². The third-order valence-corrected chi connectivity index (χ3v) is 5.85. The van der Waals surface area contributed by atoms with Gasteiger partial charge in [-0.15, -0.1) is 5.10 Å². The maximum absolute atomic E-state index is 12.9. The molecule has 0 saturated heterocycles. The van der Waals surface area contributed by atoms with E-state index in [0.29, 0.717) is 19.6 Å². The highest BCUT2D eigenvalue weighted by Gasteiger charge is 2.22. The van der Waals surface area contributed by atoms with Gasteiger partial charge in [0, 0.05) is 24.2 Å². The summed E-state index contributed by atoms with van der Waals surface area (Å²) in [5.74, 6) is 0.778. The van der Waals surface area contributed by atoms with Crippen LogP contribution in [0.2, 0.25) is 0 Å². The number of tetrazole rings is 1. The molecule has 0 aliphatic carbocycles. The van der Waals surface area contributed by atoms with Crippen LogP contribution in [0, 0.1) is 6.92 Å². The van der Waals surface area contributed by atoms with Crippen LogP contribution >= 0.6 is 0 Å². The molecule has 4 rings (SSSR count). The normalized spacial score (nSPS) is 12.1. The Morgan fingerprint density at radius 2 is 1.70 bits per heavy atom.